The number of benzene rings is 2. The van der Waals surface area contributed by atoms with Crippen LogP contribution in [-0.2, 0) is 9.59 Å². The summed E-state index contributed by atoms with van der Waals surface area (Å²) >= 11 is 6.06. The molecular weight excluding hydrogens is 364 g/mol. The van der Waals surface area contributed by atoms with Gasteiger partial charge >= 0.3 is 11.8 Å². The van der Waals surface area contributed by atoms with E-state index in [1.807, 2.05) is 51.1 Å². The molecule has 2 aromatic rings. The van der Waals surface area contributed by atoms with E-state index in [1.54, 1.807) is 12.1 Å². The number of hydrazone groups is 1. The average Bonchev–Trinajstić information content (AvgIpc) is 2.65. The van der Waals surface area contributed by atoms with Crippen molar-refractivity contribution in [3.63, 3.8) is 0 Å². The summed E-state index contributed by atoms with van der Waals surface area (Å²) in [6.45, 7) is 5.76. The van der Waals surface area contributed by atoms with Crippen LogP contribution in [0.4, 0.5) is 11.4 Å². The molecule has 0 saturated carbocycles. The van der Waals surface area contributed by atoms with Gasteiger partial charge in [-0.3, -0.25) is 9.59 Å². The molecule has 7 heteroatoms. The molecule has 0 spiro atoms. The fraction of sp³-hybridized carbons (Fsp3) is 0.250. The van der Waals surface area contributed by atoms with Gasteiger partial charge in [0.2, 0.25) is 0 Å². The number of halogens is 1. The van der Waals surface area contributed by atoms with Crippen molar-refractivity contribution in [2.75, 3.05) is 5.32 Å². The van der Waals surface area contributed by atoms with Crippen LogP contribution in [0.2, 0.25) is 5.02 Å². The molecule has 2 aromatic carbocycles. The van der Waals surface area contributed by atoms with E-state index in [4.69, 9.17) is 11.6 Å². The summed E-state index contributed by atoms with van der Waals surface area (Å²) in [5.74, 6) is -1.53. The Balaban J connectivity index is 2.07. The molecule has 0 aliphatic rings. The Morgan fingerprint density at radius 1 is 1.15 bits per heavy atom. The highest BCUT2D eigenvalue weighted by atomic mass is 35.5. The molecule has 0 heterocycles. The van der Waals surface area contributed by atoms with Gasteiger partial charge in [0.15, 0.2) is 0 Å². The second kappa shape index (κ2) is 9.73. The van der Waals surface area contributed by atoms with Gasteiger partial charge in [0, 0.05) is 28.0 Å². The van der Waals surface area contributed by atoms with Crippen molar-refractivity contribution in [3.8, 4) is 0 Å². The number of nitrogens with one attached hydrogen (secondary N) is 3. The lowest BCUT2D eigenvalue weighted by atomic mass is 10.1. The van der Waals surface area contributed by atoms with E-state index in [-0.39, 0.29) is 6.04 Å². The van der Waals surface area contributed by atoms with Crippen LogP contribution >= 0.6 is 11.6 Å². The molecule has 0 aliphatic heterocycles. The van der Waals surface area contributed by atoms with Gasteiger partial charge < -0.3 is 10.6 Å². The Labute approximate surface area is 164 Å². The van der Waals surface area contributed by atoms with Crippen LogP contribution in [0.25, 0.3) is 0 Å². The minimum atomic E-state index is -0.818. The summed E-state index contributed by atoms with van der Waals surface area (Å²) in [6, 6.07) is 13.1. The van der Waals surface area contributed by atoms with E-state index in [0.29, 0.717) is 10.6 Å². The van der Waals surface area contributed by atoms with Crippen molar-refractivity contribution in [1.29, 1.82) is 0 Å². The molecular formula is C20H23ClN4O2. The van der Waals surface area contributed by atoms with Crippen LogP contribution in [0.15, 0.2) is 47.6 Å². The molecule has 2 rings (SSSR count). The van der Waals surface area contributed by atoms with Crippen LogP contribution in [0, 0.1) is 6.92 Å². The highest BCUT2D eigenvalue weighted by Gasteiger charge is 2.14. The first-order chi connectivity index (χ1) is 12.9. The monoisotopic (exact) mass is 386 g/mol. The Hall–Kier alpha value is -2.86. The topological polar surface area (TPSA) is 82.6 Å². The first kappa shape index (κ1) is 20.5. The fourth-order valence-corrected chi connectivity index (χ4v) is 2.33. The largest absolute Gasteiger partial charge is 0.355 e. The van der Waals surface area contributed by atoms with Gasteiger partial charge in [-0.05, 0) is 50.6 Å². The van der Waals surface area contributed by atoms with Gasteiger partial charge in [-0.2, -0.15) is 5.10 Å². The maximum absolute atomic E-state index is 11.8. The van der Waals surface area contributed by atoms with E-state index in [2.05, 4.69) is 21.2 Å². The second-order valence-electron chi connectivity index (χ2n) is 6.20. The van der Waals surface area contributed by atoms with Crippen molar-refractivity contribution >= 4 is 41.0 Å². The van der Waals surface area contributed by atoms with E-state index < -0.39 is 11.8 Å². The number of amides is 2. The van der Waals surface area contributed by atoms with Gasteiger partial charge in [0.1, 0.15) is 0 Å². The standard InChI is InChI=1S/C20H23ClN4O2/c1-4-14(3)23-19(26)20(27)25-22-12-15-11-16(21)7-10-18(15)24-17-8-5-13(2)6-9-17/h5-12,14,24H,4H2,1-3H3,(H,23,26)(H,25,27)/b22-12-/t14-/m0/s1. The maximum Gasteiger partial charge on any atom is 0.329 e. The lowest BCUT2D eigenvalue weighted by Crippen LogP contribution is -2.41. The minimum absolute atomic E-state index is 0.0783. The minimum Gasteiger partial charge on any atom is -0.355 e. The lowest BCUT2D eigenvalue weighted by Gasteiger charge is -2.11. The highest BCUT2D eigenvalue weighted by Crippen LogP contribution is 2.23. The van der Waals surface area contributed by atoms with Gasteiger partial charge in [-0.15, -0.1) is 0 Å². The molecule has 0 saturated heterocycles. The molecule has 1 atom stereocenters. The zero-order chi connectivity index (χ0) is 19.8. The van der Waals surface area contributed by atoms with Crippen LogP contribution in [0.5, 0.6) is 0 Å². The van der Waals surface area contributed by atoms with Crippen LogP contribution < -0.4 is 16.1 Å². The van der Waals surface area contributed by atoms with E-state index in [1.165, 1.54) is 6.21 Å². The Kier molecular flexibility index (Phi) is 7.37. The van der Waals surface area contributed by atoms with Gasteiger partial charge in [-0.25, -0.2) is 5.43 Å². The van der Waals surface area contributed by atoms with E-state index >= 15 is 0 Å². The normalized spacial score (nSPS) is 11.9. The van der Waals surface area contributed by atoms with Crippen molar-refractivity contribution in [2.24, 2.45) is 5.10 Å². The summed E-state index contributed by atoms with van der Waals surface area (Å²) in [5.41, 5.74) is 5.74. The molecule has 0 aliphatic carbocycles. The third-order valence-corrected chi connectivity index (χ3v) is 4.15. The average molecular weight is 387 g/mol. The molecule has 142 valence electrons. The Morgan fingerprint density at radius 3 is 2.52 bits per heavy atom. The summed E-state index contributed by atoms with van der Waals surface area (Å²) in [6.07, 6.45) is 2.18. The zero-order valence-electron chi connectivity index (χ0n) is 15.5. The zero-order valence-corrected chi connectivity index (χ0v) is 16.3. The summed E-state index contributed by atoms with van der Waals surface area (Å²) in [4.78, 5) is 23.5. The number of carbonyl (C=O) groups is 2. The van der Waals surface area contributed by atoms with Crippen molar-refractivity contribution < 1.29 is 9.59 Å². The van der Waals surface area contributed by atoms with Crippen molar-refractivity contribution in [1.82, 2.24) is 10.7 Å². The Morgan fingerprint density at radius 2 is 1.85 bits per heavy atom. The molecule has 0 bridgehead atoms. The summed E-state index contributed by atoms with van der Waals surface area (Å²) in [7, 11) is 0. The first-order valence-corrected chi connectivity index (χ1v) is 9.04. The highest BCUT2D eigenvalue weighted by molar-refractivity contribution is 6.35. The predicted molar refractivity (Wildman–Crippen MR) is 110 cm³/mol. The molecule has 27 heavy (non-hydrogen) atoms. The predicted octanol–water partition coefficient (Wildman–Crippen LogP) is 3.76. The van der Waals surface area contributed by atoms with Crippen LogP contribution in [0.1, 0.15) is 31.4 Å². The van der Waals surface area contributed by atoms with E-state index in [9.17, 15) is 9.59 Å². The molecule has 0 fully saturated rings. The molecule has 0 aromatic heterocycles. The molecule has 0 radical (unpaired) electrons. The van der Waals surface area contributed by atoms with E-state index in [0.717, 1.165) is 23.4 Å². The third-order valence-electron chi connectivity index (χ3n) is 3.91. The first-order valence-electron chi connectivity index (χ1n) is 8.66. The van der Waals surface area contributed by atoms with Gasteiger partial charge in [0.05, 0.1) is 6.21 Å². The molecule has 2 amide bonds. The summed E-state index contributed by atoms with van der Waals surface area (Å²) < 4.78 is 0. The number of nitrogens with zero attached hydrogens (tertiary/aromatic N) is 1. The number of hydrogen-bond donors (Lipinski definition) is 3. The number of hydrogen-bond acceptors (Lipinski definition) is 4. The number of aryl methyl sites for hydroxylation is 1. The molecule has 3 N–H and O–H groups in total. The van der Waals surface area contributed by atoms with Crippen molar-refractivity contribution in [2.45, 2.75) is 33.2 Å². The molecule has 6 nitrogen and oxygen atoms in total. The Bertz CT molecular complexity index is 834. The third kappa shape index (κ3) is 6.42. The lowest BCUT2D eigenvalue weighted by molar-refractivity contribution is -0.139. The summed E-state index contributed by atoms with van der Waals surface area (Å²) in [5, 5.41) is 10.3. The van der Waals surface area contributed by atoms with Gasteiger partial charge in [-0.1, -0.05) is 36.2 Å². The van der Waals surface area contributed by atoms with Crippen LogP contribution in [0.3, 0.4) is 0 Å². The SMILES string of the molecule is CC[C@H](C)NC(=O)C(=O)N/N=C\c1cc(Cl)ccc1Nc1ccc(C)cc1. The number of anilines is 2. The quantitative estimate of drug-likeness (QED) is 0.401. The smallest absolute Gasteiger partial charge is 0.329 e. The van der Waals surface area contributed by atoms with Gasteiger partial charge in [0.25, 0.3) is 0 Å². The fourth-order valence-electron chi connectivity index (χ4n) is 2.15. The van der Waals surface area contributed by atoms with Crippen molar-refractivity contribution in [3.05, 3.63) is 58.6 Å². The molecule has 0 unspecified atom stereocenters. The van der Waals surface area contributed by atoms with Crippen LogP contribution in [-0.4, -0.2) is 24.1 Å². The number of rotatable bonds is 6. The number of carbonyl (C=O) groups excluding carboxylic acids is 2. The maximum atomic E-state index is 11.8. The second-order valence-corrected chi connectivity index (χ2v) is 6.64.